The molecule has 0 bridgehead atoms. The van der Waals surface area contributed by atoms with Gasteiger partial charge in [-0.05, 0) is 42.8 Å². The largest absolute Gasteiger partial charge is 0.427 e. The van der Waals surface area contributed by atoms with Gasteiger partial charge in [-0.25, -0.2) is 4.98 Å². The molecular formula is C18H16N2O3. The van der Waals surface area contributed by atoms with Crippen LogP contribution in [-0.2, 0) is 4.79 Å². The van der Waals surface area contributed by atoms with Gasteiger partial charge in [0, 0.05) is 12.0 Å². The van der Waals surface area contributed by atoms with E-state index in [4.69, 9.17) is 4.74 Å². The molecule has 0 aliphatic heterocycles. The molecule has 0 spiro atoms. The highest BCUT2D eigenvalue weighted by Crippen LogP contribution is 2.20. The molecule has 1 N–H and O–H groups in total. The van der Waals surface area contributed by atoms with Crippen LogP contribution in [0.25, 0.3) is 22.3 Å². The molecule has 0 fully saturated rings. The van der Waals surface area contributed by atoms with Gasteiger partial charge >= 0.3 is 5.97 Å². The Labute approximate surface area is 133 Å². The average molecular weight is 308 g/mol. The average Bonchev–Trinajstić information content (AvgIpc) is 2.56. The third kappa shape index (κ3) is 3.29. The molecule has 2 aromatic carbocycles. The molecule has 5 nitrogen and oxygen atoms in total. The molecule has 5 heteroatoms. The van der Waals surface area contributed by atoms with E-state index in [0.717, 1.165) is 12.0 Å². The SMILES string of the molecule is CCCC(=O)Oc1ccc(-c2nc3ccccc3c(=O)[nH]2)cc1. The first-order valence-corrected chi connectivity index (χ1v) is 7.47. The lowest BCUT2D eigenvalue weighted by Gasteiger charge is -2.06. The minimum absolute atomic E-state index is 0.177. The van der Waals surface area contributed by atoms with Crippen molar-refractivity contribution in [3.63, 3.8) is 0 Å². The van der Waals surface area contributed by atoms with Crippen molar-refractivity contribution in [2.75, 3.05) is 0 Å². The van der Waals surface area contributed by atoms with Crippen molar-refractivity contribution in [2.45, 2.75) is 19.8 Å². The van der Waals surface area contributed by atoms with E-state index in [0.29, 0.717) is 28.9 Å². The van der Waals surface area contributed by atoms with E-state index in [-0.39, 0.29) is 11.5 Å². The van der Waals surface area contributed by atoms with Crippen molar-refractivity contribution in [2.24, 2.45) is 0 Å². The first-order chi connectivity index (χ1) is 11.2. The fraction of sp³-hybridized carbons (Fsp3) is 0.167. The van der Waals surface area contributed by atoms with Gasteiger partial charge in [0.25, 0.3) is 5.56 Å². The van der Waals surface area contributed by atoms with Crippen molar-refractivity contribution in [1.82, 2.24) is 9.97 Å². The number of aromatic amines is 1. The molecule has 0 aliphatic carbocycles. The van der Waals surface area contributed by atoms with Gasteiger partial charge in [0.05, 0.1) is 10.9 Å². The summed E-state index contributed by atoms with van der Waals surface area (Å²) in [6.07, 6.45) is 1.14. The lowest BCUT2D eigenvalue weighted by Crippen LogP contribution is -2.09. The van der Waals surface area contributed by atoms with E-state index in [1.54, 1.807) is 42.5 Å². The Bertz CT molecular complexity index is 898. The number of benzene rings is 2. The van der Waals surface area contributed by atoms with Crippen molar-refractivity contribution >= 4 is 16.9 Å². The summed E-state index contributed by atoms with van der Waals surface area (Å²) in [5.41, 5.74) is 1.22. The standard InChI is InChI=1S/C18H16N2O3/c1-2-5-16(21)23-13-10-8-12(9-11-13)17-19-15-7-4-3-6-14(15)18(22)20-17/h3-4,6-11H,2,5H2,1H3,(H,19,20,22). The van der Waals surface area contributed by atoms with Gasteiger partial charge < -0.3 is 9.72 Å². The number of carbonyl (C=O) groups excluding carboxylic acids is 1. The summed E-state index contributed by atoms with van der Waals surface area (Å²) >= 11 is 0. The van der Waals surface area contributed by atoms with E-state index in [1.165, 1.54) is 0 Å². The van der Waals surface area contributed by atoms with Crippen LogP contribution < -0.4 is 10.3 Å². The van der Waals surface area contributed by atoms with Crippen molar-refractivity contribution in [1.29, 1.82) is 0 Å². The molecule has 0 saturated carbocycles. The predicted molar refractivity (Wildman–Crippen MR) is 88.3 cm³/mol. The smallest absolute Gasteiger partial charge is 0.311 e. The van der Waals surface area contributed by atoms with Crippen LogP contribution in [0.15, 0.2) is 53.3 Å². The fourth-order valence-corrected chi connectivity index (χ4v) is 2.29. The molecule has 0 amide bonds. The Morgan fingerprint density at radius 2 is 1.87 bits per heavy atom. The number of hydrogen-bond donors (Lipinski definition) is 1. The second-order valence-electron chi connectivity index (χ2n) is 5.18. The molecule has 0 unspecified atom stereocenters. The summed E-state index contributed by atoms with van der Waals surface area (Å²) in [7, 11) is 0. The number of para-hydroxylation sites is 1. The highest BCUT2D eigenvalue weighted by Gasteiger charge is 2.07. The molecular weight excluding hydrogens is 292 g/mol. The summed E-state index contributed by atoms with van der Waals surface area (Å²) in [6, 6.07) is 14.1. The maximum atomic E-state index is 12.1. The summed E-state index contributed by atoms with van der Waals surface area (Å²) < 4.78 is 5.21. The lowest BCUT2D eigenvalue weighted by atomic mass is 10.2. The summed E-state index contributed by atoms with van der Waals surface area (Å²) in [5, 5.41) is 0.557. The third-order valence-electron chi connectivity index (χ3n) is 3.43. The quantitative estimate of drug-likeness (QED) is 0.593. The van der Waals surface area contributed by atoms with Gasteiger partial charge in [0.1, 0.15) is 11.6 Å². The molecule has 3 aromatic rings. The zero-order valence-corrected chi connectivity index (χ0v) is 12.7. The number of hydrogen-bond acceptors (Lipinski definition) is 4. The number of nitrogens with zero attached hydrogens (tertiary/aromatic N) is 1. The van der Waals surface area contributed by atoms with Gasteiger partial charge in [0.15, 0.2) is 0 Å². The second-order valence-corrected chi connectivity index (χ2v) is 5.18. The molecule has 0 saturated heterocycles. The number of aromatic nitrogens is 2. The molecule has 3 rings (SSSR count). The van der Waals surface area contributed by atoms with Crippen molar-refractivity contribution < 1.29 is 9.53 Å². The van der Waals surface area contributed by atoms with Crippen molar-refractivity contribution in [3.8, 4) is 17.1 Å². The highest BCUT2D eigenvalue weighted by molar-refractivity contribution is 5.79. The van der Waals surface area contributed by atoms with E-state index >= 15 is 0 Å². The van der Waals surface area contributed by atoms with Gasteiger partial charge in [-0.15, -0.1) is 0 Å². The second kappa shape index (κ2) is 6.44. The summed E-state index contributed by atoms with van der Waals surface area (Å²) in [6.45, 7) is 1.92. The number of esters is 1. The Morgan fingerprint density at radius 3 is 2.61 bits per heavy atom. The maximum Gasteiger partial charge on any atom is 0.311 e. The van der Waals surface area contributed by atoms with E-state index in [9.17, 15) is 9.59 Å². The van der Waals surface area contributed by atoms with Crippen LogP contribution in [0.1, 0.15) is 19.8 Å². The normalized spacial score (nSPS) is 10.7. The topological polar surface area (TPSA) is 72.0 Å². The van der Waals surface area contributed by atoms with Crippen LogP contribution >= 0.6 is 0 Å². The summed E-state index contributed by atoms with van der Waals surface area (Å²) in [5.74, 6) is 0.716. The Kier molecular flexibility index (Phi) is 4.19. The molecule has 116 valence electrons. The first kappa shape index (κ1) is 15.0. The van der Waals surface area contributed by atoms with Crippen LogP contribution in [0.2, 0.25) is 0 Å². The minimum Gasteiger partial charge on any atom is -0.427 e. The van der Waals surface area contributed by atoms with Gasteiger partial charge in [-0.3, -0.25) is 9.59 Å². The zero-order chi connectivity index (χ0) is 16.2. The molecule has 1 aromatic heterocycles. The fourth-order valence-electron chi connectivity index (χ4n) is 2.29. The van der Waals surface area contributed by atoms with Crippen molar-refractivity contribution in [3.05, 3.63) is 58.9 Å². The lowest BCUT2D eigenvalue weighted by molar-refractivity contribution is -0.134. The molecule has 23 heavy (non-hydrogen) atoms. The Hall–Kier alpha value is -2.95. The molecule has 0 aliphatic rings. The summed E-state index contributed by atoms with van der Waals surface area (Å²) in [4.78, 5) is 30.8. The third-order valence-corrected chi connectivity index (χ3v) is 3.43. The monoisotopic (exact) mass is 308 g/mol. The van der Waals surface area contributed by atoms with Crippen LogP contribution in [0.5, 0.6) is 5.75 Å². The van der Waals surface area contributed by atoms with E-state index in [1.807, 2.05) is 13.0 Å². The zero-order valence-electron chi connectivity index (χ0n) is 12.7. The number of H-pyrrole nitrogens is 1. The van der Waals surface area contributed by atoms with Gasteiger partial charge in [-0.2, -0.15) is 0 Å². The number of fused-ring (bicyclic) bond motifs is 1. The van der Waals surface area contributed by atoms with E-state index in [2.05, 4.69) is 9.97 Å². The Morgan fingerprint density at radius 1 is 1.13 bits per heavy atom. The van der Waals surface area contributed by atoms with E-state index < -0.39 is 0 Å². The van der Waals surface area contributed by atoms with Crippen LogP contribution in [0, 0.1) is 0 Å². The number of rotatable bonds is 4. The van der Waals surface area contributed by atoms with Crippen LogP contribution in [-0.4, -0.2) is 15.9 Å². The number of nitrogens with one attached hydrogen (secondary N) is 1. The molecule has 0 atom stereocenters. The Balaban J connectivity index is 1.90. The number of ether oxygens (including phenoxy) is 1. The van der Waals surface area contributed by atoms with Gasteiger partial charge in [0.2, 0.25) is 0 Å². The minimum atomic E-state index is -0.252. The van der Waals surface area contributed by atoms with Gasteiger partial charge in [-0.1, -0.05) is 19.1 Å². The first-order valence-electron chi connectivity index (χ1n) is 7.47. The highest BCUT2D eigenvalue weighted by atomic mass is 16.5. The molecule has 0 radical (unpaired) electrons. The maximum absolute atomic E-state index is 12.1. The van der Waals surface area contributed by atoms with Crippen LogP contribution in [0.4, 0.5) is 0 Å². The number of carbonyl (C=O) groups is 1. The molecule has 1 heterocycles. The van der Waals surface area contributed by atoms with Crippen LogP contribution in [0.3, 0.4) is 0 Å². The predicted octanol–water partition coefficient (Wildman–Crippen LogP) is 3.30.